The highest BCUT2D eigenvalue weighted by atomic mass is 79.9. The first-order valence-electron chi connectivity index (χ1n) is 9.12. The van der Waals surface area contributed by atoms with Crippen LogP contribution in [0.2, 0.25) is 0 Å². The zero-order valence-electron chi connectivity index (χ0n) is 15.7. The van der Waals surface area contributed by atoms with Gasteiger partial charge in [-0.25, -0.2) is 4.79 Å². The molecule has 7 nitrogen and oxygen atoms in total. The van der Waals surface area contributed by atoms with Crippen molar-refractivity contribution >= 4 is 33.6 Å². The summed E-state index contributed by atoms with van der Waals surface area (Å²) in [6.07, 6.45) is 0. The van der Waals surface area contributed by atoms with Crippen LogP contribution in [0.5, 0.6) is 5.75 Å². The third kappa shape index (κ3) is 3.61. The largest absolute Gasteiger partial charge is 0.496 e. The van der Waals surface area contributed by atoms with Crippen molar-refractivity contribution in [2.75, 3.05) is 20.3 Å². The van der Waals surface area contributed by atoms with Crippen molar-refractivity contribution in [3.8, 4) is 5.75 Å². The summed E-state index contributed by atoms with van der Waals surface area (Å²) >= 11 is 3.50. The first-order chi connectivity index (χ1) is 14.0. The number of carbonyl (C=O) groups is 2. The molecule has 1 unspecified atom stereocenters. The summed E-state index contributed by atoms with van der Waals surface area (Å²) in [5, 5.41) is 15.3. The topological polar surface area (TPSA) is 90.9 Å². The molecule has 2 aliphatic heterocycles. The van der Waals surface area contributed by atoms with Crippen LogP contribution in [0.25, 0.3) is 5.70 Å². The van der Waals surface area contributed by atoms with Crippen molar-refractivity contribution < 1.29 is 19.4 Å². The fraction of sp³-hybridized carbons (Fsp3) is 0.238. The monoisotopic (exact) mass is 457 g/mol. The van der Waals surface area contributed by atoms with Crippen molar-refractivity contribution in [2.24, 2.45) is 0 Å². The molecule has 0 saturated carbocycles. The van der Waals surface area contributed by atoms with Gasteiger partial charge in [-0.05, 0) is 39.2 Å². The number of halogens is 1. The molecule has 2 aromatic rings. The van der Waals surface area contributed by atoms with Gasteiger partial charge in [-0.2, -0.15) is 0 Å². The Morgan fingerprint density at radius 3 is 2.79 bits per heavy atom. The average Bonchev–Trinajstić information content (AvgIpc) is 2.89. The fourth-order valence-corrected chi connectivity index (χ4v) is 4.35. The molecule has 2 aromatic carbocycles. The minimum Gasteiger partial charge on any atom is -0.496 e. The maximum atomic E-state index is 12.5. The van der Waals surface area contributed by atoms with Gasteiger partial charge >= 0.3 is 6.03 Å². The molecule has 1 atom stereocenters. The molecule has 3 amide bonds. The van der Waals surface area contributed by atoms with E-state index in [-0.39, 0.29) is 18.5 Å². The van der Waals surface area contributed by atoms with E-state index in [4.69, 9.17) is 4.74 Å². The Morgan fingerprint density at radius 1 is 1.28 bits per heavy atom. The molecule has 4 rings (SSSR count). The van der Waals surface area contributed by atoms with Crippen LogP contribution in [-0.2, 0) is 11.3 Å². The molecule has 2 heterocycles. The van der Waals surface area contributed by atoms with Crippen LogP contribution in [0.1, 0.15) is 22.7 Å². The number of fused-ring (bicyclic) bond motifs is 2. The molecule has 2 aliphatic rings. The molecule has 29 heavy (non-hydrogen) atoms. The Balaban J connectivity index is 1.87. The number of amides is 3. The van der Waals surface area contributed by atoms with Gasteiger partial charge in [0.1, 0.15) is 12.4 Å². The predicted molar refractivity (Wildman–Crippen MR) is 111 cm³/mol. The number of urea groups is 1. The van der Waals surface area contributed by atoms with E-state index in [1.165, 1.54) is 0 Å². The van der Waals surface area contributed by atoms with E-state index in [1.54, 1.807) is 12.0 Å². The van der Waals surface area contributed by atoms with Crippen molar-refractivity contribution in [1.29, 1.82) is 0 Å². The van der Waals surface area contributed by atoms with E-state index in [0.717, 1.165) is 26.7 Å². The summed E-state index contributed by atoms with van der Waals surface area (Å²) < 4.78 is 6.07. The van der Waals surface area contributed by atoms with Gasteiger partial charge in [-0.1, -0.05) is 30.3 Å². The minimum absolute atomic E-state index is 0.283. The number of hydrogen-bond donors (Lipinski definition) is 3. The van der Waals surface area contributed by atoms with Crippen LogP contribution in [-0.4, -0.2) is 42.2 Å². The zero-order valence-corrected chi connectivity index (χ0v) is 17.3. The lowest BCUT2D eigenvalue weighted by Gasteiger charge is -2.32. The number of ether oxygens (including phenoxy) is 1. The van der Waals surface area contributed by atoms with Crippen LogP contribution in [0, 0.1) is 0 Å². The van der Waals surface area contributed by atoms with Crippen molar-refractivity contribution in [2.45, 2.75) is 12.6 Å². The first kappa shape index (κ1) is 19.5. The predicted octanol–water partition coefficient (Wildman–Crippen LogP) is 2.56. The average molecular weight is 458 g/mol. The molecule has 8 heteroatoms. The quantitative estimate of drug-likeness (QED) is 0.660. The Hall–Kier alpha value is -2.84. The molecule has 0 radical (unpaired) electrons. The Morgan fingerprint density at radius 2 is 2.07 bits per heavy atom. The standard InChI is InChI=1S/C21H20BrN3O4/c1-29-17-7-6-12(8-16(17)22)19-15-10-25(18(27)11-26)9-13-4-2-3-5-14(13)20(15)24-21(28)23-19/h2-8,19,26H,9-11H2,1H3,(H2,23,24,28). The van der Waals surface area contributed by atoms with E-state index in [1.807, 2.05) is 42.5 Å². The van der Waals surface area contributed by atoms with Crippen LogP contribution >= 0.6 is 15.9 Å². The highest BCUT2D eigenvalue weighted by Gasteiger charge is 2.34. The number of nitrogens with one attached hydrogen (secondary N) is 2. The SMILES string of the molecule is COc1ccc(C2NC(=O)NC3=C2CN(C(=O)CO)Cc2ccccc23)cc1Br. The number of benzene rings is 2. The third-order valence-electron chi connectivity index (χ3n) is 5.19. The number of aliphatic hydroxyl groups is 1. The van der Waals surface area contributed by atoms with Gasteiger partial charge in [0.2, 0.25) is 5.91 Å². The Bertz CT molecular complexity index is 1020. The van der Waals surface area contributed by atoms with Crippen LogP contribution in [0.4, 0.5) is 4.79 Å². The fourth-order valence-electron chi connectivity index (χ4n) is 3.80. The van der Waals surface area contributed by atoms with E-state index < -0.39 is 12.6 Å². The number of hydrogen-bond acceptors (Lipinski definition) is 4. The molecule has 0 aliphatic carbocycles. The molecule has 0 aromatic heterocycles. The second-order valence-corrected chi connectivity index (χ2v) is 7.75. The lowest BCUT2D eigenvalue weighted by molar-refractivity contribution is -0.134. The van der Waals surface area contributed by atoms with Crippen molar-refractivity contribution in [3.63, 3.8) is 0 Å². The van der Waals surface area contributed by atoms with Crippen LogP contribution in [0.3, 0.4) is 0 Å². The van der Waals surface area contributed by atoms with Crippen molar-refractivity contribution in [3.05, 3.63) is 69.2 Å². The molecule has 0 bridgehead atoms. The smallest absolute Gasteiger partial charge is 0.320 e. The first-order valence-corrected chi connectivity index (χ1v) is 9.92. The van der Waals surface area contributed by atoms with E-state index >= 15 is 0 Å². The van der Waals surface area contributed by atoms with E-state index in [0.29, 0.717) is 18.0 Å². The number of methoxy groups -OCH3 is 1. The molecule has 150 valence electrons. The highest BCUT2D eigenvalue weighted by Crippen LogP contribution is 2.37. The molecular weight excluding hydrogens is 438 g/mol. The van der Waals surface area contributed by atoms with Gasteiger partial charge in [0.05, 0.1) is 23.3 Å². The molecule has 3 N–H and O–H groups in total. The van der Waals surface area contributed by atoms with Gasteiger partial charge in [0.15, 0.2) is 0 Å². The Labute approximate surface area is 176 Å². The lowest BCUT2D eigenvalue weighted by Crippen LogP contribution is -2.45. The van der Waals surface area contributed by atoms with Gasteiger partial charge in [0.25, 0.3) is 0 Å². The van der Waals surface area contributed by atoms with Crippen molar-refractivity contribution in [1.82, 2.24) is 15.5 Å². The second-order valence-electron chi connectivity index (χ2n) is 6.89. The highest BCUT2D eigenvalue weighted by molar-refractivity contribution is 9.10. The zero-order chi connectivity index (χ0) is 20.5. The summed E-state index contributed by atoms with van der Waals surface area (Å²) in [6.45, 7) is 0.0752. The summed E-state index contributed by atoms with van der Waals surface area (Å²) in [5.74, 6) is 0.326. The molecule has 0 spiro atoms. The summed E-state index contributed by atoms with van der Waals surface area (Å²) in [7, 11) is 1.59. The maximum Gasteiger partial charge on any atom is 0.320 e. The molecule has 0 fully saturated rings. The van der Waals surface area contributed by atoms with Gasteiger partial charge < -0.3 is 25.4 Å². The van der Waals surface area contributed by atoms with Gasteiger partial charge in [-0.3, -0.25) is 4.79 Å². The summed E-state index contributed by atoms with van der Waals surface area (Å²) in [6, 6.07) is 12.5. The summed E-state index contributed by atoms with van der Waals surface area (Å²) in [5.41, 5.74) is 4.21. The van der Waals surface area contributed by atoms with Crippen LogP contribution < -0.4 is 15.4 Å². The molecular formula is C21H20BrN3O4. The van der Waals surface area contributed by atoms with Crippen LogP contribution in [0.15, 0.2) is 52.5 Å². The number of nitrogens with zero attached hydrogens (tertiary/aromatic N) is 1. The maximum absolute atomic E-state index is 12.5. The lowest BCUT2D eigenvalue weighted by atomic mass is 9.92. The molecule has 0 saturated heterocycles. The van der Waals surface area contributed by atoms with E-state index in [9.17, 15) is 14.7 Å². The van der Waals surface area contributed by atoms with E-state index in [2.05, 4.69) is 26.6 Å². The minimum atomic E-state index is -0.566. The number of carbonyl (C=O) groups excluding carboxylic acids is 2. The van der Waals surface area contributed by atoms with Gasteiger partial charge in [-0.15, -0.1) is 0 Å². The number of aliphatic hydroxyl groups excluding tert-OH is 1. The third-order valence-corrected chi connectivity index (χ3v) is 5.81. The second kappa shape index (κ2) is 7.88. The normalized spacial score (nSPS) is 18.2. The number of rotatable bonds is 3. The Kier molecular flexibility index (Phi) is 5.29. The van der Waals surface area contributed by atoms with Gasteiger partial charge in [0, 0.05) is 24.2 Å². The summed E-state index contributed by atoms with van der Waals surface area (Å²) in [4.78, 5) is 26.5.